The molecule has 92 valence electrons. The normalized spacial score (nSPS) is 10.3. The summed E-state index contributed by atoms with van der Waals surface area (Å²) in [7, 11) is 0. The van der Waals surface area contributed by atoms with E-state index in [0.29, 0.717) is 16.3 Å². The van der Waals surface area contributed by atoms with E-state index < -0.39 is 5.97 Å². The van der Waals surface area contributed by atoms with E-state index in [-0.39, 0.29) is 6.42 Å². The number of aliphatic carboxylic acids is 1. The molecular weight excluding hydrogens is 250 g/mol. The van der Waals surface area contributed by atoms with Crippen LogP contribution >= 0.6 is 11.6 Å². The first-order chi connectivity index (χ1) is 8.54. The van der Waals surface area contributed by atoms with Crippen molar-refractivity contribution >= 4 is 23.3 Å². The van der Waals surface area contributed by atoms with Gasteiger partial charge in [0.15, 0.2) is 0 Å². The third-order valence-corrected chi connectivity index (χ3v) is 2.80. The molecule has 3 nitrogen and oxygen atoms in total. The number of carboxylic acid groups (broad SMARTS) is 1. The Kier molecular flexibility index (Phi) is 3.53. The number of anilines is 1. The van der Waals surface area contributed by atoms with Gasteiger partial charge in [0.1, 0.15) is 0 Å². The van der Waals surface area contributed by atoms with E-state index in [0.717, 1.165) is 11.1 Å². The van der Waals surface area contributed by atoms with Gasteiger partial charge in [0.05, 0.1) is 6.42 Å². The zero-order valence-corrected chi connectivity index (χ0v) is 10.3. The molecule has 4 heteroatoms. The summed E-state index contributed by atoms with van der Waals surface area (Å²) in [4.78, 5) is 10.7. The zero-order chi connectivity index (χ0) is 13.1. The van der Waals surface area contributed by atoms with Crippen molar-refractivity contribution in [3.05, 3.63) is 53.1 Å². The van der Waals surface area contributed by atoms with E-state index in [9.17, 15) is 4.79 Å². The summed E-state index contributed by atoms with van der Waals surface area (Å²) in [5.41, 5.74) is 8.87. The fourth-order valence-corrected chi connectivity index (χ4v) is 1.93. The highest BCUT2D eigenvalue weighted by Gasteiger charge is 2.05. The molecule has 0 unspecified atom stereocenters. The quantitative estimate of drug-likeness (QED) is 0.834. The van der Waals surface area contributed by atoms with Crippen LogP contribution in [0.25, 0.3) is 11.1 Å². The SMILES string of the molecule is Nc1cc(CC(=O)O)cc(-c2ccc(Cl)cc2)c1. The van der Waals surface area contributed by atoms with Gasteiger partial charge in [-0.1, -0.05) is 29.8 Å². The van der Waals surface area contributed by atoms with Crippen LogP contribution in [0.3, 0.4) is 0 Å². The van der Waals surface area contributed by atoms with Crippen LogP contribution in [0.4, 0.5) is 5.69 Å². The van der Waals surface area contributed by atoms with Crippen molar-refractivity contribution in [3.63, 3.8) is 0 Å². The van der Waals surface area contributed by atoms with Gasteiger partial charge in [0.25, 0.3) is 0 Å². The van der Waals surface area contributed by atoms with Crippen molar-refractivity contribution in [2.45, 2.75) is 6.42 Å². The molecule has 2 rings (SSSR count). The number of carboxylic acids is 1. The van der Waals surface area contributed by atoms with Crippen LogP contribution in [0, 0.1) is 0 Å². The van der Waals surface area contributed by atoms with E-state index >= 15 is 0 Å². The lowest BCUT2D eigenvalue weighted by Crippen LogP contribution is -2.01. The van der Waals surface area contributed by atoms with Crippen molar-refractivity contribution < 1.29 is 9.90 Å². The molecule has 0 saturated heterocycles. The Morgan fingerprint density at radius 3 is 2.39 bits per heavy atom. The van der Waals surface area contributed by atoms with Gasteiger partial charge in [-0.25, -0.2) is 0 Å². The molecule has 0 bridgehead atoms. The molecule has 0 aliphatic heterocycles. The average Bonchev–Trinajstić information content (AvgIpc) is 2.28. The van der Waals surface area contributed by atoms with E-state index in [1.807, 2.05) is 24.3 Å². The second-order valence-corrected chi connectivity index (χ2v) is 4.48. The van der Waals surface area contributed by atoms with Gasteiger partial charge < -0.3 is 10.8 Å². The summed E-state index contributed by atoms with van der Waals surface area (Å²) in [5, 5.41) is 9.46. The Morgan fingerprint density at radius 2 is 1.78 bits per heavy atom. The minimum Gasteiger partial charge on any atom is -0.481 e. The van der Waals surface area contributed by atoms with Gasteiger partial charge in [-0.15, -0.1) is 0 Å². The Hall–Kier alpha value is -2.00. The third-order valence-electron chi connectivity index (χ3n) is 2.55. The Labute approximate surface area is 110 Å². The van der Waals surface area contributed by atoms with Crippen LogP contribution < -0.4 is 5.73 Å². The standard InChI is InChI=1S/C14H12ClNO2/c15-12-3-1-10(2-4-12)11-5-9(7-14(17)18)6-13(16)8-11/h1-6,8H,7,16H2,(H,17,18). The second-order valence-electron chi connectivity index (χ2n) is 4.04. The molecule has 0 aliphatic carbocycles. The van der Waals surface area contributed by atoms with E-state index in [4.69, 9.17) is 22.4 Å². The average molecular weight is 262 g/mol. The summed E-state index contributed by atoms with van der Waals surface area (Å²) in [5.74, 6) is -0.873. The molecule has 0 saturated carbocycles. The number of halogens is 1. The molecule has 3 N–H and O–H groups in total. The lowest BCUT2D eigenvalue weighted by molar-refractivity contribution is -0.136. The third kappa shape index (κ3) is 3.02. The lowest BCUT2D eigenvalue weighted by Gasteiger charge is -2.06. The highest BCUT2D eigenvalue weighted by Crippen LogP contribution is 2.25. The zero-order valence-electron chi connectivity index (χ0n) is 9.56. The number of hydrogen-bond acceptors (Lipinski definition) is 2. The Bertz CT molecular complexity index is 579. The molecule has 18 heavy (non-hydrogen) atoms. The highest BCUT2D eigenvalue weighted by molar-refractivity contribution is 6.30. The van der Waals surface area contributed by atoms with Crippen molar-refractivity contribution in [1.29, 1.82) is 0 Å². The van der Waals surface area contributed by atoms with Crippen molar-refractivity contribution in [2.75, 3.05) is 5.73 Å². The van der Waals surface area contributed by atoms with Gasteiger partial charge in [-0.2, -0.15) is 0 Å². The van der Waals surface area contributed by atoms with E-state index in [1.54, 1.807) is 18.2 Å². The summed E-state index contributed by atoms with van der Waals surface area (Å²) in [6, 6.07) is 12.6. The highest BCUT2D eigenvalue weighted by atomic mass is 35.5. The van der Waals surface area contributed by atoms with Gasteiger partial charge in [-0.3, -0.25) is 4.79 Å². The predicted molar refractivity (Wildman–Crippen MR) is 72.6 cm³/mol. The topological polar surface area (TPSA) is 63.3 Å². The number of rotatable bonds is 3. The van der Waals surface area contributed by atoms with Crippen molar-refractivity contribution in [1.82, 2.24) is 0 Å². The number of carbonyl (C=O) groups is 1. The molecule has 2 aromatic rings. The Balaban J connectivity index is 2.41. The molecule has 0 aromatic heterocycles. The fourth-order valence-electron chi connectivity index (χ4n) is 1.80. The van der Waals surface area contributed by atoms with Crippen LogP contribution in [0.1, 0.15) is 5.56 Å². The van der Waals surface area contributed by atoms with E-state index in [1.165, 1.54) is 0 Å². The second kappa shape index (κ2) is 5.10. The van der Waals surface area contributed by atoms with Crippen LogP contribution in [0.2, 0.25) is 5.02 Å². The molecule has 0 aliphatic rings. The van der Waals surface area contributed by atoms with Gasteiger partial charge >= 0.3 is 5.97 Å². The Morgan fingerprint density at radius 1 is 1.11 bits per heavy atom. The number of nitrogen functional groups attached to an aromatic ring is 1. The first-order valence-corrected chi connectivity index (χ1v) is 5.79. The van der Waals surface area contributed by atoms with Crippen LogP contribution in [-0.4, -0.2) is 11.1 Å². The van der Waals surface area contributed by atoms with Crippen LogP contribution in [-0.2, 0) is 11.2 Å². The maximum absolute atomic E-state index is 10.7. The molecule has 0 radical (unpaired) electrons. The fraction of sp³-hybridized carbons (Fsp3) is 0.0714. The minimum absolute atomic E-state index is 0.0361. The largest absolute Gasteiger partial charge is 0.481 e. The molecule has 0 heterocycles. The number of nitrogens with two attached hydrogens (primary N) is 1. The summed E-state index contributed by atoms with van der Waals surface area (Å²) >= 11 is 5.83. The maximum Gasteiger partial charge on any atom is 0.307 e. The van der Waals surface area contributed by atoms with Crippen molar-refractivity contribution in [2.24, 2.45) is 0 Å². The number of hydrogen-bond donors (Lipinski definition) is 2. The first kappa shape index (κ1) is 12.5. The van der Waals surface area contributed by atoms with Crippen LogP contribution in [0.5, 0.6) is 0 Å². The molecule has 0 fully saturated rings. The molecular formula is C14H12ClNO2. The minimum atomic E-state index is -0.873. The van der Waals surface area contributed by atoms with Gasteiger partial charge in [0, 0.05) is 10.7 Å². The maximum atomic E-state index is 10.7. The molecule has 0 amide bonds. The molecule has 2 aromatic carbocycles. The van der Waals surface area contributed by atoms with E-state index in [2.05, 4.69) is 0 Å². The monoisotopic (exact) mass is 261 g/mol. The summed E-state index contributed by atoms with van der Waals surface area (Å²) < 4.78 is 0. The van der Waals surface area contributed by atoms with Gasteiger partial charge in [-0.05, 0) is 41.0 Å². The summed E-state index contributed by atoms with van der Waals surface area (Å²) in [6.07, 6.45) is -0.0361. The van der Waals surface area contributed by atoms with Crippen molar-refractivity contribution in [3.8, 4) is 11.1 Å². The molecule has 0 atom stereocenters. The summed E-state index contributed by atoms with van der Waals surface area (Å²) in [6.45, 7) is 0. The lowest BCUT2D eigenvalue weighted by atomic mass is 10.0. The smallest absolute Gasteiger partial charge is 0.307 e. The number of benzene rings is 2. The van der Waals surface area contributed by atoms with Gasteiger partial charge in [0.2, 0.25) is 0 Å². The molecule has 0 spiro atoms. The predicted octanol–water partition coefficient (Wildman–Crippen LogP) is 3.22. The van der Waals surface area contributed by atoms with Crippen LogP contribution in [0.15, 0.2) is 42.5 Å². The first-order valence-electron chi connectivity index (χ1n) is 5.42.